The van der Waals surface area contributed by atoms with E-state index in [1.807, 2.05) is 6.07 Å². The number of nitrogens with one attached hydrogen (secondary N) is 2. The highest BCUT2D eigenvalue weighted by Crippen LogP contribution is 2.22. The van der Waals surface area contributed by atoms with E-state index in [1.54, 1.807) is 18.2 Å². The standard InChI is InChI=1S/C17H18Cl2N2S/c1-12(7-8-13-5-3-2-4-6-13)20-17(22)21-16-10-14(18)9-15(19)11-16/h2-6,9-12H,7-8H2,1H3,(H2,20,21,22). The van der Waals surface area contributed by atoms with Crippen molar-refractivity contribution >= 4 is 46.2 Å². The van der Waals surface area contributed by atoms with Crippen LogP contribution in [-0.2, 0) is 6.42 Å². The molecule has 2 aromatic rings. The highest BCUT2D eigenvalue weighted by atomic mass is 35.5. The van der Waals surface area contributed by atoms with Gasteiger partial charge in [-0.05, 0) is 55.7 Å². The van der Waals surface area contributed by atoms with Crippen LogP contribution in [0, 0.1) is 0 Å². The minimum Gasteiger partial charge on any atom is -0.360 e. The van der Waals surface area contributed by atoms with Crippen molar-refractivity contribution < 1.29 is 0 Å². The third-order valence-electron chi connectivity index (χ3n) is 3.21. The summed E-state index contributed by atoms with van der Waals surface area (Å²) in [5, 5.41) is 8.10. The number of aryl methyl sites for hydroxylation is 1. The molecule has 0 aliphatic carbocycles. The number of thiocarbonyl (C=S) groups is 1. The molecule has 116 valence electrons. The van der Waals surface area contributed by atoms with Crippen LogP contribution in [0.4, 0.5) is 5.69 Å². The van der Waals surface area contributed by atoms with Gasteiger partial charge in [0.05, 0.1) is 0 Å². The third kappa shape index (κ3) is 5.84. The Morgan fingerprint density at radius 2 is 1.73 bits per heavy atom. The number of hydrogen-bond donors (Lipinski definition) is 2. The van der Waals surface area contributed by atoms with Gasteiger partial charge in [-0.3, -0.25) is 0 Å². The summed E-state index contributed by atoms with van der Waals surface area (Å²) in [6.07, 6.45) is 2.02. The summed E-state index contributed by atoms with van der Waals surface area (Å²) in [6.45, 7) is 2.11. The third-order valence-corrected chi connectivity index (χ3v) is 3.86. The van der Waals surface area contributed by atoms with Gasteiger partial charge in [-0.15, -0.1) is 0 Å². The quantitative estimate of drug-likeness (QED) is 0.713. The molecule has 0 saturated carbocycles. The lowest BCUT2D eigenvalue weighted by Crippen LogP contribution is -2.36. The molecule has 0 radical (unpaired) electrons. The van der Waals surface area contributed by atoms with Gasteiger partial charge in [-0.1, -0.05) is 53.5 Å². The van der Waals surface area contributed by atoms with E-state index in [1.165, 1.54) is 5.56 Å². The zero-order valence-corrected chi connectivity index (χ0v) is 14.6. The van der Waals surface area contributed by atoms with Gasteiger partial charge in [-0.2, -0.15) is 0 Å². The number of hydrogen-bond acceptors (Lipinski definition) is 1. The molecule has 0 spiro atoms. The van der Waals surface area contributed by atoms with Crippen molar-refractivity contribution in [1.82, 2.24) is 5.32 Å². The fourth-order valence-electron chi connectivity index (χ4n) is 2.12. The molecule has 2 aromatic carbocycles. The molecule has 0 aromatic heterocycles. The molecule has 0 aliphatic rings. The molecule has 0 bridgehead atoms. The summed E-state index contributed by atoms with van der Waals surface area (Å²) in [4.78, 5) is 0. The fraction of sp³-hybridized carbons (Fsp3) is 0.235. The monoisotopic (exact) mass is 352 g/mol. The molecule has 0 heterocycles. The summed E-state index contributed by atoms with van der Waals surface area (Å²) in [7, 11) is 0. The topological polar surface area (TPSA) is 24.1 Å². The predicted octanol–water partition coefficient (Wildman–Crippen LogP) is 5.30. The number of halogens is 2. The maximum absolute atomic E-state index is 5.97. The average molecular weight is 353 g/mol. The molecule has 0 saturated heterocycles. The number of anilines is 1. The Morgan fingerprint density at radius 1 is 1.09 bits per heavy atom. The number of benzene rings is 2. The molecule has 2 N–H and O–H groups in total. The summed E-state index contributed by atoms with van der Waals surface area (Å²) in [6, 6.07) is 16.0. The van der Waals surface area contributed by atoms with E-state index >= 15 is 0 Å². The van der Waals surface area contributed by atoms with Crippen LogP contribution >= 0.6 is 35.4 Å². The summed E-state index contributed by atoms with van der Waals surface area (Å²) < 4.78 is 0. The minimum absolute atomic E-state index is 0.273. The summed E-state index contributed by atoms with van der Waals surface area (Å²) >= 11 is 17.3. The Bertz CT molecular complexity index is 612. The molecule has 0 amide bonds. The van der Waals surface area contributed by atoms with Gasteiger partial charge in [0.25, 0.3) is 0 Å². The first kappa shape index (κ1) is 17.1. The van der Waals surface area contributed by atoms with Gasteiger partial charge < -0.3 is 10.6 Å². The Morgan fingerprint density at radius 3 is 2.36 bits per heavy atom. The molecule has 1 atom stereocenters. The van der Waals surface area contributed by atoms with E-state index in [-0.39, 0.29) is 6.04 Å². The summed E-state index contributed by atoms with van der Waals surface area (Å²) in [5.41, 5.74) is 2.11. The largest absolute Gasteiger partial charge is 0.360 e. The number of rotatable bonds is 5. The van der Waals surface area contributed by atoms with E-state index < -0.39 is 0 Å². The molecular weight excluding hydrogens is 335 g/mol. The molecule has 1 unspecified atom stereocenters. The van der Waals surface area contributed by atoms with Crippen molar-refractivity contribution in [1.29, 1.82) is 0 Å². The van der Waals surface area contributed by atoms with Crippen LogP contribution in [0.2, 0.25) is 10.0 Å². The van der Waals surface area contributed by atoms with Crippen molar-refractivity contribution in [3.8, 4) is 0 Å². The maximum atomic E-state index is 5.97. The van der Waals surface area contributed by atoms with Crippen LogP contribution in [-0.4, -0.2) is 11.2 Å². The van der Waals surface area contributed by atoms with Crippen LogP contribution in [0.1, 0.15) is 18.9 Å². The van der Waals surface area contributed by atoms with Gasteiger partial charge in [0.2, 0.25) is 0 Å². The maximum Gasteiger partial charge on any atom is 0.170 e. The Balaban J connectivity index is 1.81. The van der Waals surface area contributed by atoms with Gasteiger partial charge >= 0.3 is 0 Å². The lowest BCUT2D eigenvalue weighted by molar-refractivity contribution is 0.609. The lowest BCUT2D eigenvalue weighted by atomic mass is 10.1. The van der Waals surface area contributed by atoms with Crippen LogP contribution in [0.15, 0.2) is 48.5 Å². The Kier molecular flexibility index (Phi) is 6.49. The van der Waals surface area contributed by atoms with Crippen LogP contribution in [0.3, 0.4) is 0 Å². The second kappa shape index (κ2) is 8.37. The normalized spacial score (nSPS) is 11.8. The van der Waals surface area contributed by atoms with E-state index in [4.69, 9.17) is 35.4 Å². The van der Waals surface area contributed by atoms with Crippen molar-refractivity contribution in [3.05, 3.63) is 64.1 Å². The molecule has 5 heteroatoms. The zero-order chi connectivity index (χ0) is 15.9. The molecular formula is C17H18Cl2N2S. The Hall–Kier alpha value is -1.29. The van der Waals surface area contributed by atoms with E-state index in [0.29, 0.717) is 15.2 Å². The highest BCUT2D eigenvalue weighted by molar-refractivity contribution is 7.80. The van der Waals surface area contributed by atoms with E-state index in [9.17, 15) is 0 Å². The highest BCUT2D eigenvalue weighted by Gasteiger charge is 2.06. The van der Waals surface area contributed by atoms with Gasteiger partial charge in [-0.25, -0.2) is 0 Å². The fourth-order valence-corrected chi connectivity index (χ4v) is 2.96. The van der Waals surface area contributed by atoms with Crippen molar-refractivity contribution in [2.24, 2.45) is 0 Å². The molecule has 22 heavy (non-hydrogen) atoms. The first-order valence-corrected chi connectivity index (χ1v) is 8.27. The molecule has 2 nitrogen and oxygen atoms in total. The van der Waals surface area contributed by atoms with Crippen molar-refractivity contribution in [3.63, 3.8) is 0 Å². The average Bonchev–Trinajstić information content (AvgIpc) is 2.45. The Labute approximate surface area is 146 Å². The smallest absolute Gasteiger partial charge is 0.170 e. The second-order valence-electron chi connectivity index (χ2n) is 5.18. The molecule has 0 aliphatic heterocycles. The van der Waals surface area contributed by atoms with Crippen molar-refractivity contribution in [2.45, 2.75) is 25.8 Å². The SMILES string of the molecule is CC(CCc1ccccc1)NC(=S)Nc1cc(Cl)cc(Cl)c1. The predicted molar refractivity (Wildman–Crippen MR) is 100 cm³/mol. The van der Waals surface area contributed by atoms with Crippen LogP contribution < -0.4 is 10.6 Å². The lowest BCUT2D eigenvalue weighted by Gasteiger charge is -2.17. The van der Waals surface area contributed by atoms with Crippen LogP contribution in [0.25, 0.3) is 0 Å². The first-order valence-electron chi connectivity index (χ1n) is 7.10. The molecule has 2 rings (SSSR count). The summed E-state index contributed by atoms with van der Waals surface area (Å²) in [5.74, 6) is 0. The van der Waals surface area contributed by atoms with E-state index in [0.717, 1.165) is 18.5 Å². The van der Waals surface area contributed by atoms with Gasteiger partial charge in [0.1, 0.15) is 0 Å². The van der Waals surface area contributed by atoms with Crippen LogP contribution in [0.5, 0.6) is 0 Å². The first-order chi connectivity index (χ1) is 10.5. The van der Waals surface area contributed by atoms with E-state index in [2.05, 4.69) is 41.8 Å². The van der Waals surface area contributed by atoms with Gasteiger partial charge in [0, 0.05) is 21.8 Å². The molecule has 0 fully saturated rings. The zero-order valence-electron chi connectivity index (χ0n) is 12.3. The van der Waals surface area contributed by atoms with Gasteiger partial charge in [0.15, 0.2) is 5.11 Å². The second-order valence-corrected chi connectivity index (χ2v) is 6.46. The van der Waals surface area contributed by atoms with Crippen molar-refractivity contribution in [2.75, 3.05) is 5.32 Å². The minimum atomic E-state index is 0.273.